The zero-order valence-corrected chi connectivity index (χ0v) is 11.5. The number of aromatic nitrogens is 1. The predicted molar refractivity (Wildman–Crippen MR) is 66.2 cm³/mol. The highest BCUT2D eigenvalue weighted by Crippen LogP contribution is 2.27. The zero-order chi connectivity index (χ0) is 11.0. The first-order valence-electron chi connectivity index (χ1n) is 4.34. The van der Waals surface area contributed by atoms with Crippen LogP contribution in [0.2, 0.25) is 0 Å². The number of halogens is 3. The lowest BCUT2D eigenvalue weighted by Crippen LogP contribution is -2.25. The summed E-state index contributed by atoms with van der Waals surface area (Å²) < 4.78 is 1.55. The average Bonchev–Trinajstić information content (AvgIpc) is 2.50. The molecule has 0 aromatic carbocycles. The minimum absolute atomic E-state index is 0.0247. The summed E-state index contributed by atoms with van der Waals surface area (Å²) in [7, 11) is 0. The van der Waals surface area contributed by atoms with Gasteiger partial charge in [0.25, 0.3) is 0 Å². The minimum Gasteiger partial charge on any atom is -0.295 e. The standard InChI is InChI=1S/C9H7Br2ClN2O/c10-6-1-2-7(13-9(6)11)14-4-5(12)3-8(14)15/h1-2,5H,3-4H2. The number of amides is 1. The van der Waals surface area contributed by atoms with Gasteiger partial charge in [0.15, 0.2) is 0 Å². The van der Waals surface area contributed by atoms with Gasteiger partial charge in [-0.1, -0.05) is 0 Å². The van der Waals surface area contributed by atoms with Crippen LogP contribution in [0.1, 0.15) is 6.42 Å². The number of carbonyl (C=O) groups is 1. The summed E-state index contributed by atoms with van der Waals surface area (Å²) in [5.41, 5.74) is 0. The van der Waals surface area contributed by atoms with Crippen molar-refractivity contribution in [2.75, 3.05) is 11.4 Å². The fourth-order valence-corrected chi connectivity index (χ4v) is 2.25. The molecule has 1 aromatic heterocycles. The molecule has 15 heavy (non-hydrogen) atoms. The maximum atomic E-state index is 11.6. The molecule has 0 N–H and O–H groups in total. The highest BCUT2D eigenvalue weighted by Gasteiger charge is 2.30. The van der Waals surface area contributed by atoms with Crippen LogP contribution in [0, 0.1) is 0 Å². The Hall–Kier alpha value is -0.130. The van der Waals surface area contributed by atoms with Crippen LogP contribution in [-0.2, 0) is 4.79 Å². The number of carbonyl (C=O) groups excluding carboxylic acids is 1. The summed E-state index contributed by atoms with van der Waals surface area (Å²) in [5.74, 6) is 0.662. The van der Waals surface area contributed by atoms with E-state index in [1.54, 1.807) is 11.0 Å². The normalized spacial score (nSPS) is 21.1. The molecule has 80 valence electrons. The molecule has 1 aliphatic heterocycles. The molecule has 0 bridgehead atoms. The van der Waals surface area contributed by atoms with E-state index in [0.29, 0.717) is 23.4 Å². The van der Waals surface area contributed by atoms with Crippen molar-refractivity contribution in [3.8, 4) is 0 Å². The monoisotopic (exact) mass is 352 g/mol. The summed E-state index contributed by atoms with van der Waals surface area (Å²) in [4.78, 5) is 17.4. The van der Waals surface area contributed by atoms with Gasteiger partial charge < -0.3 is 0 Å². The first kappa shape index (κ1) is 11.4. The van der Waals surface area contributed by atoms with Crippen molar-refractivity contribution in [3.05, 3.63) is 21.2 Å². The molecule has 1 unspecified atom stereocenters. The molecule has 0 radical (unpaired) electrons. The molecule has 1 aliphatic rings. The summed E-state index contributed by atoms with van der Waals surface area (Å²) in [6.45, 7) is 0.529. The van der Waals surface area contributed by atoms with Crippen molar-refractivity contribution in [1.29, 1.82) is 0 Å². The Morgan fingerprint density at radius 1 is 1.47 bits per heavy atom. The van der Waals surface area contributed by atoms with Gasteiger partial charge in [-0.15, -0.1) is 11.6 Å². The number of hydrogen-bond donors (Lipinski definition) is 0. The lowest BCUT2D eigenvalue weighted by molar-refractivity contribution is -0.117. The quantitative estimate of drug-likeness (QED) is 0.574. The van der Waals surface area contributed by atoms with Crippen LogP contribution in [0.4, 0.5) is 5.82 Å². The van der Waals surface area contributed by atoms with Crippen LogP contribution >= 0.6 is 43.5 Å². The second-order valence-corrected chi connectivity index (χ2v) is 5.47. The van der Waals surface area contributed by atoms with E-state index in [1.165, 1.54) is 0 Å². The first-order chi connectivity index (χ1) is 7.08. The topological polar surface area (TPSA) is 33.2 Å². The van der Waals surface area contributed by atoms with Crippen LogP contribution in [0.15, 0.2) is 21.2 Å². The summed E-state index contributed by atoms with van der Waals surface area (Å²) in [5, 5.41) is -0.110. The Bertz CT molecular complexity index is 413. The van der Waals surface area contributed by atoms with Crippen molar-refractivity contribution in [2.45, 2.75) is 11.8 Å². The first-order valence-corrected chi connectivity index (χ1v) is 6.36. The van der Waals surface area contributed by atoms with E-state index in [1.807, 2.05) is 6.07 Å². The number of hydrogen-bond acceptors (Lipinski definition) is 2. The summed E-state index contributed by atoms with van der Waals surface area (Å²) >= 11 is 12.5. The van der Waals surface area contributed by atoms with Crippen LogP contribution in [0.5, 0.6) is 0 Å². The molecule has 0 spiro atoms. The fourth-order valence-electron chi connectivity index (χ4n) is 1.44. The number of anilines is 1. The van der Waals surface area contributed by atoms with Gasteiger partial charge in [0.2, 0.25) is 5.91 Å². The van der Waals surface area contributed by atoms with Gasteiger partial charge in [0.1, 0.15) is 10.4 Å². The smallest absolute Gasteiger partial charge is 0.229 e. The largest absolute Gasteiger partial charge is 0.295 e. The van der Waals surface area contributed by atoms with Gasteiger partial charge in [0, 0.05) is 13.0 Å². The van der Waals surface area contributed by atoms with Crippen LogP contribution in [-0.4, -0.2) is 22.8 Å². The Kier molecular flexibility index (Phi) is 3.33. The highest BCUT2D eigenvalue weighted by atomic mass is 79.9. The Morgan fingerprint density at radius 3 is 2.73 bits per heavy atom. The lowest BCUT2D eigenvalue weighted by Gasteiger charge is -2.14. The van der Waals surface area contributed by atoms with E-state index in [0.717, 1.165) is 4.47 Å². The molecule has 1 amide bonds. The molecule has 0 saturated carbocycles. The summed E-state index contributed by atoms with van der Waals surface area (Å²) in [6.07, 6.45) is 0.386. The van der Waals surface area contributed by atoms with E-state index in [9.17, 15) is 4.79 Å². The third-order valence-electron chi connectivity index (χ3n) is 2.14. The third-order valence-corrected chi connectivity index (χ3v) is 4.21. The van der Waals surface area contributed by atoms with Gasteiger partial charge in [-0.25, -0.2) is 4.98 Å². The van der Waals surface area contributed by atoms with Crippen molar-refractivity contribution in [3.63, 3.8) is 0 Å². The van der Waals surface area contributed by atoms with E-state index >= 15 is 0 Å². The van der Waals surface area contributed by atoms with Crippen molar-refractivity contribution in [1.82, 2.24) is 4.98 Å². The maximum absolute atomic E-state index is 11.6. The molecule has 1 aromatic rings. The van der Waals surface area contributed by atoms with Gasteiger partial charge in [0.05, 0.1) is 9.85 Å². The van der Waals surface area contributed by atoms with Crippen molar-refractivity contribution in [2.24, 2.45) is 0 Å². The Morgan fingerprint density at radius 2 is 2.20 bits per heavy atom. The number of nitrogens with zero attached hydrogens (tertiary/aromatic N) is 2. The predicted octanol–water partition coefficient (Wildman–Crippen LogP) is 2.95. The number of rotatable bonds is 1. The number of pyridine rings is 1. The molecule has 3 nitrogen and oxygen atoms in total. The van der Waals surface area contributed by atoms with E-state index < -0.39 is 0 Å². The third kappa shape index (κ3) is 2.34. The van der Waals surface area contributed by atoms with Crippen LogP contribution in [0.3, 0.4) is 0 Å². The molecule has 1 saturated heterocycles. The van der Waals surface area contributed by atoms with Gasteiger partial charge in [-0.3, -0.25) is 9.69 Å². The molecule has 1 atom stereocenters. The molecule has 0 aliphatic carbocycles. The Balaban J connectivity index is 2.30. The zero-order valence-electron chi connectivity index (χ0n) is 7.58. The van der Waals surface area contributed by atoms with Gasteiger partial charge >= 0.3 is 0 Å². The highest BCUT2D eigenvalue weighted by molar-refractivity contribution is 9.13. The average molecular weight is 354 g/mol. The molecular weight excluding hydrogens is 347 g/mol. The van der Waals surface area contributed by atoms with Crippen LogP contribution in [0.25, 0.3) is 0 Å². The molecule has 2 heterocycles. The molecule has 2 rings (SSSR count). The molecule has 6 heteroatoms. The number of alkyl halides is 1. The second-order valence-electron chi connectivity index (χ2n) is 3.25. The van der Waals surface area contributed by atoms with Crippen molar-refractivity contribution < 1.29 is 4.79 Å². The van der Waals surface area contributed by atoms with E-state index in [4.69, 9.17) is 11.6 Å². The lowest BCUT2D eigenvalue weighted by atomic mass is 10.4. The van der Waals surface area contributed by atoms with Crippen molar-refractivity contribution >= 4 is 55.2 Å². The second kappa shape index (κ2) is 4.39. The van der Waals surface area contributed by atoms with Gasteiger partial charge in [-0.05, 0) is 44.0 Å². The molecule has 1 fully saturated rings. The van der Waals surface area contributed by atoms with E-state index in [2.05, 4.69) is 36.8 Å². The summed E-state index contributed by atoms with van der Waals surface area (Å²) in [6, 6.07) is 3.64. The van der Waals surface area contributed by atoms with E-state index in [-0.39, 0.29) is 11.3 Å². The van der Waals surface area contributed by atoms with Crippen LogP contribution < -0.4 is 4.90 Å². The fraction of sp³-hybridized carbons (Fsp3) is 0.333. The minimum atomic E-state index is -0.110. The Labute approximate surface area is 109 Å². The molecular formula is C9H7Br2ClN2O. The van der Waals surface area contributed by atoms with Gasteiger partial charge in [-0.2, -0.15) is 0 Å². The SMILES string of the molecule is O=C1CC(Cl)CN1c1ccc(Br)c(Br)n1. The maximum Gasteiger partial charge on any atom is 0.229 e.